The Morgan fingerprint density at radius 3 is 2.45 bits per heavy atom. The summed E-state index contributed by atoms with van der Waals surface area (Å²) in [7, 11) is -3.50. The fraction of sp³-hybridized carbons (Fsp3) is 0.600. The second-order valence-corrected chi connectivity index (χ2v) is 7.19. The highest BCUT2D eigenvalue weighted by molar-refractivity contribution is 7.89. The number of nitrogens with one attached hydrogen (secondary N) is 1. The maximum Gasteiger partial charge on any atom is 0.241 e. The summed E-state index contributed by atoms with van der Waals surface area (Å²) in [5.74, 6) is 0. The third-order valence-electron chi connectivity index (χ3n) is 4.03. The zero-order valence-electron chi connectivity index (χ0n) is 11.9. The molecule has 1 fully saturated rings. The number of hydrogen-bond donors (Lipinski definition) is 2. The van der Waals surface area contributed by atoms with Gasteiger partial charge in [-0.05, 0) is 37.0 Å². The highest BCUT2D eigenvalue weighted by Crippen LogP contribution is 2.22. The zero-order chi connectivity index (χ0) is 14.6. The molecule has 0 aromatic heterocycles. The van der Waals surface area contributed by atoms with Crippen LogP contribution in [0.4, 0.5) is 0 Å². The molecule has 5 heteroatoms. The van der Waals surface area contributed by atoms with Crippen molar-refractivity contribution < 1.29 is 13.5 Å². The maximum atomic E-state index is 12.5. The second kappa shape index (κ2) is 6.70. The molecule has 0 amide bonds. The van der Waals surface area contributed by atoms with Crippen molar-refractivity contribution >= 4 is 10.0 Å². The molecule has 1 aromatic carbocycles. The van der Waals surface area contributed by atoms with Crippen LogP contribution in [0.3, 0.4) is 0 Å². The largest absolute Gasteiger partial charge is 0.392 e. The summed E-state index contributed by atoms with van der Waals surface area (Å²) < 4.78 is 27.9. The summed E-state index contributed by atoms with van der Waals surface area (Å²) in [6, 6.07) is 5.08. The lowest BCUT2D eigenvalue weighted by Crippen LogP contribution is -2.34. The van der Waals surface area contributed by atoms with Gasteiger partial charge in [0, 0.05) is 6.04 Å². The van der Waals surface area contributed by atoms with Crippen LogP contribution in [0.25, 0.3) is 0 Å². The molecule has 0 saturated heterocycles. The van der Waals surface area contributed by atoms with E-state index in [4.69, 9.17) is 0 Å². The zero-order valence-corrected chi connectivity index (χ0v) is 12.7. The Bertz CT molecular complexity index is 546. The number of sulfonamides is 1. The van der Waals surface area contributed by atoms with Crippen molar-refractivity contribution in [2.45, 2.75) is 63.0 Å². The summed E-state index contributed by atoms with van der Waals surface area (Å²) in [5.41, 5.74) is 1.30. The van der Waals surface area contributed by atoms with Gasteiger partial charge in [-0.15, -0.1) is 0 Å². The molecule has 0 atom stereocenters. The van der Waals surface area contributed by atoms with Crippen LogP contribution in [0.15, 0.2) is 23.1 Å². The van der Waals surface area contributed by atoms with E-state index in [1.54, 1.807) is 25.1 Å². The van der Waals surface area contributed by atoms with E-state index < -0.39 is 10.0 Å². The van der Waals surface area contributed by atoms with E-state index in [-0.39, 0.29) is 17.5 Å². The number of aliphatic hydroxyl groups is 1. The van der Waals surface area contributed by atoms with Gasteiger partial charge in [-0.2, -0.15) is 0 Å². The summed E-state index contributed by atoms with van der Waals surface area (Å²) in [5, 5.41) is 9.25. The van der Waals surface area contributed by atoms with E-state index in [1.807, 2.05) is 0 Å². The minimum atomic E-state index is -3.50. The van der Waals surface area contributed by atoms with Crippen molar-refractivity contribution in [2.75, 3.05) is 0 Å². The first kappa shape index (κ1) is 15.5. The minimum absolute atomic E-state index is 0.0414. The monoisotopic (exact) mass is 297 g/mol. The molecule has 4 nitrogen and oxygen atoms in total. The fourth-order valence-corrected chi connectivity index (χ4v) is 4.40. The van der Waals surface area contributed by atoms with Crippen LogP contribution in [-0.4, -0.2) is 19.6 Å². The molecule has 20 heavy (non-hydrogen) atoms. The molecule has 0 unspecified atom stereocenters. The number of hydrogen-bond acceptors (Lipinski definition) is 3. The topological polar surface area (TPSA) is 66.4 Å². The quantitative estimate of drug-likeness (QED) is 0.839. The molecule has 1 saturated carbocycles. The van der Waals surface area contributed by atoms with E-state index in [9.17, 15) is 13.5 Å². The summed E-state index contributed by atoms with van der Waals surface area (Å²) in [6.45, 7) is 1.60. The standard InChI is InChI=1S/C15H23NO3S/c1-12-13(11-17)7-6-10-15(12)20(18,19)16-14-8-4-2-3-5-9-14/h6-7,10,14,16-17H,2-5,8-9,11H2,1H3. The van der Waals surface area contributed by atoms with Crippen LogP contribution in [0.1, 0.15) is 49.7 Å². The molecule has 1 aliphatic rings. The number of aliphatic hydroxyl groups excluding tert-OH is 1. The van der Waals surface area contributed by atoms with Crippen molar-refractivity contribution in [1.82, 2.24) is 4.72 Å². The van der Waals surface area contributed by atoms with Gasteiger partial charge in [-0.25, -0.2) is 13.1 Å². The fourth-order valence-electron chi connectivity index (χ4n) is 2.80. The van der Waals surface area contributed by atoms with Gasteiger partial charge >= 0.3 is 0 Å². The van der Waals surface area contributed by atoms with E-state index >= 15 is 0 Å². The van der Waals surface area contributed by atoms with Gasteiger partial charge in [0.2, 0.25) is 10.0 Å². The van der Waals surface area contributed by atoms with Gasteiger partial charge in [0.05, 0.1) is 11.5 Å². The van der Waals surface area contributed by atoms with Crippen LogP contribution in [0, 0.1) is 6.92 Å². The van der Waals surface area contributed by atoms with Crippen LogP contribution in [-0.2, 0) is 16.6 Å². The van der Waals surface area contributed by atoms with Crippen molar-refractivity contribution in [1.29, 1.82) is 0 Å². The molecule has 0 bridgehead atoms. The SMILES string of the molecule is Cc1c(CO)cccc1S(=O)(=O)NC1CCCCCC1. The molecular weight excluding hydrogens is 274 g/mol. The molecule has 1 aliphatic carbocycles. The number of benzene rings is 1. The van der Waals surface area contributed by atoms with Crippen molar-refractivity contribution in [2.24, 2.45) is 0 Å². The third kappa shape index (κ3) is 3.59. The van der Waals surface area contributed by atoms with Gasteiger partial charge in [0.1, 0.15) is 0 Å². The Hall–Kier alpha value is -0.910. The molecule has 112 valence electrons. The van der Waals surface area contributed by atoms with Crippen LogP contribution in [0.5, 0.6) is 0 Å². The average molecular weight is 297 g/mol. The van der Waals surface area contributed by atoms with Gasteiger partial charge in [0.15, 0.2) is 0 Å². The van der Waals surface area contributed by atoms with Crippen molar-refractivity contribution in [3.05, 3.63) is 29.3 Å². The molecule has 2 rings (SSSR count). The highest BCUT2D eigenvalue weighted by Gasteiger charge is 2.23. The summed E-state index contributed by atoms with van der Waals surface area (Å²) in [6.07, 6.45) is 6.39. The van der Waals surface area contributed by atoms with E-state index in [0.29, 0.717) is 11.1 Å². The molecule has 0 radical (unpaired) electrons. The Labute approximate surface area is 121 Å². The van der Waals surface area contributed by atoms with Crippen LogP contribution >= 0.6 is 0 Å². The molecule has 1 aromatic rings. The second-order valence-electron chi connectivity index (χ2n) is 5.51. The first-order chi connectivity index (χ1) is 9.54. The molecular formula is C15H23NO3S. The van der Waals surface area contributed by atoms with E-state index in [2.05, 4.69) is 4.72 Å². The van der Waals surface area contributed by atoms with Gasteiger partial charge in [0.25, 0.3) is 0 Å². The Morgan fingerprint density at radius 2 is 1.85 bits per heavy atom. The predicted molar refractivity (Wildman–Crippen MR) is 78.9 cm³/mol. The molecule has 2 N–H and O–H groups in total. The Kier molecular flexibility index (Phi) is 5.18. The van der Waals surface area contributed by atoms with Gasteiger partial charge < -0.3 is 5.11 Å². The summed E-state index contributed by atoms with van der Waals surface area (Å²) in [4.78, 5) is 0.285. The van der Waals surface area contributed by atoms with Crippen molar-refractivity contribution in [3.8, 4) is 0 Å². The molecule has 0 aliphatic heterocycles. The van der Waals surface area contributed by atoms with Gasteiger partial charge in [-0.1, -0.05) is 37.8 Å². The third-order valence-corrected chi connectivity index (χ3v) is 5.70. The normalized spacial score (nSPS) is 17.9. The lowest BCUT2D eigenvalue weighted by Gasteiger charge is -2.18. The van der Waals surface area contributed by atoms with Crippen LogP contribution in [0.2, 0.25) is 0 Å². The highest BCUT2D eigenvalue weighted by atomic mass is 32.2. The smallest absolute Gasteiger partial charge is 0.241 e. The van der Waals surface area contributed by atoms with Crippen LogP contribution < -0.4 is 4.72 Å². The van der Waals surface area contributed by atoms with E-state index in [0.717, 1.165) is 25.7 Å². The molecule has 0 spiro atoms. The van der Waals surface area contributed by atoms with Gasteiger partial charge in [-0.3, -0.25) is 0 Å². The average Bonchev–Trinajstić information content (AvgIpc) is 2.67. The predicted octanol–water partition coefficient (Wildman–Crippen LogP) is 2.49. The maximum absolute atomic E-state index is 12.5. The Balaban J connectivity index is 2.21. The number of rotatable bonds is 4. The summed E-state index contributed by atoms with van der Waals surface area (Å²) >= 11 is 0. The molecule has 0 heterocycles. The van der Waals surface area contributed by atoms with Crippen molar-refractivity contribution in [3.63, 3.8) is 0 Å². The van der Waals surface area contributed by atoms with E-state index in [1.165, 1.54) is 12.8 Å². The minimum Gasteiger partial charge on any atom is -0.392 e. The first-order valence-electron chi connectivity index (χ1n) is 7.26. The Morgan fingerprint density at radius 1 is 1.20 bits per heavy atom. The first-order valence-corrected chi connectivity index (χ1v) is 8.74. The lowest BCUT2D eigenvalue weighted by molar-refractivity contribution is 0.280. The lowest BCUT2D eigenvalue weighted by atomic mass is 10.1.